The number of alkyl halides is 3. The summed E-state index contributed by atoms with van der Waals surface area (Å²) < 4.78 is 152. The molecule has 10 unspecified atom stereocenters. The highest BCUT2D eigenvalue weighted by atomic mass is 32.7. The number of amides is 4. The van der Waals surface area contributed by atoms with Gasteiger partial charge in [-0.2, -0.15) is 13.2 Å². The van der Waals surface area contributed by atoms with Gasteiger partial charge in [0.1, 0.15) is 28.6 Å². The molecule has 4 amide bonds. The lowest BCUT2D eigenvalue weighted by atomic mass is 9.95. The maximum atomic E-state index is 13.7. The minimum absolute atomic E-state index is 0. The summed E-state index contributed by atoms with van der Waals surface area (Å²) in [6.45, 7) is 40.9. The average molecular weight is 2100 g/mol. The van der Waals surface area contributed by atoms with Gasteiger partial charge in [0.05, 0.1) is 101 Å². The van der Waals surface area contributed by atoms with E-state index in [2.05, 4.69) is 83.3 Å². The van der Waals surface area contributed by atoms with Crippen molar-refractivity contribution in [1.82, 2.24) is 25.8 Å². The van der Waals surface area contributed by atoms with Crippen LogP contribution >= 0.6 is 108 Å². The third-order valence-electron chi connectivity index (χ3n) is 18.1. The molecule has 0 radical (unpaired) electrons. The van der Waals surface area contributed by atoms with Crippen LogP contribution in [0.5, 0.6) is 0 Å². The molecule has 0 spiro atoms. The molecule has 0 saturated carbocycles. The zero-order chi connectivity index (χ0) is 98.7. The number of carbonyl (C=O) groups is 6. The van der Waals surface area contributed by atoms with E-state index in [9.17, 15) is 55.4 Å². The first-order chi connectivity index (χ1) is 60.1. The van der Waals surface area contributed by atoms with Gasteiger partial charge < -0.3 is 101 Å². The fraction of sp³-hybridized carbons (Fsp3) is 0.699. The van der Waals surface area contributed by atoms with E-state index in [1.54, 1.807) is 86.1 Å². The normalized spacial score (nSPS) is 16.9. The number of nitrogens with zero attached hydrogens (tertiary/aromatic N) is 3. The number of hydrogen-bond donors (Lipinski definition) is 5. The van der Waals surface area contributed by atoms with Gasteiger partial charge in [0.15, 0.2) is 0 Å². The van der Waals surface area contributed by atoms with Gasteiger partial charge in [0.2, 0.25) is 18.1 Å². The highest BCUT2D eigenvalue weighted by Crippen LogP contribution is 2.60. The third-order valence-corrected chi connectivity index (χ3v) is 26.8. The number of carboxylic acids is 1. The van der Waals surface area contributed by atoms with Gasteiger partial charge in [-0.05, 0) is 179 Å². The van der Waals surface area contributed by atoms with Gasteiger partial charge in [-0.3, -0.25) is 37.4 Å². The van der Waals surface area contributed by atoms with E-state index in [1.165, 1.54) is 14.2 Å². The van der Waals surface area contributed by atoms with E-state index in [0.29, 0.717) is 58.8 Å². The summed E-state index contributed by atoms with van der Waals surface area (Å²) in [5.74, 6) is -5.48. The molecule has 3 heterocycles. The van der Waals surface area contributed by atoms with Crippen LogP contribution in [0.3, 0.4) is 0 Å². The van der Waals surface area contributed by atoms with E-state index >= 15 is 0 Å². The molecule has 130 heavy (non-hydrogen) atoms. The molecular weight excluding hydrogens is 1940 g/mol. The Hall–Kier alpha value is -2.17. The number of nitrogens with two attached hydrogens (primary N) is 1. The fourth-order valence-corrected chi connectivity index (χ4v) is 19.5. The van der Waals surface area contributed by atoms with Crippen LogP contribution in [0, 0.1) is 24.3 Å². The van der Waals surface area contributed by atoms with Gasteiger partial charge in [0.25, 0.3) is 0 Å². The molecule has 3 aliphatic rings. The van der Waals surface area contributed by atoms with E-state index in [0.717, 1.165) is 63.3 Å². The summed E-state index contributed by atoms with van der Waals surface area (Å²) in [6, 6.07) is 28.3. The maximum absolute atomic E-state index is 13.7. The third kappa shape index (κ3) is 56.8. The smallest absolute Gasteiger partial charge is 0.446 e. The molecule has 3 fully saturated rings. The van der Waals surface area contributed by atoms with Gasteiger partial charge in [0, 0.05) is 53.3 Å². The van der Waals surface area contributed by atoms with Crippen LogP contribution in [0.4, 0.5) is 22.8 Å². The quantitative estimate of drug-likeness (QED) is 0.0200. The topological polar surface area (TPSA) is 384 Å². The Labute approximate surface area is 794 Å². The molecule has 756 valence electrons. The van der Waals surface area contributed by atoms with Crippen molar-refractivity contribution in [3.8, 4) is 0 Å². The van der Waals surface area contributed by atoms with Crippen molar-refractivity contribution in [2.24, 2.45) is 23.5 Å². The first kappa shape index (κ1) is 136. The average Bonchev–Trinajstić information content (AvgIpc) is 1.46. The van der Waals surface area contributed by atoms with Gasteiger partial charge in [-0.1, -0.05) is 128 Å². The highest BCUT2D eigenvalue weighted by molar-refractivity contribution is 8.65. The number of likely N-dealkylation sites (tertiary alicyclic amines) is 2. The van der Waals surface area contributed by atoms with Gasteiger partial charge >= 0.3 is 61.0 Å². The Morgan fingerprint density at radius 1 is 0.554 bits per heavy atom. The predicted molar refractivity (Wildman–Crippen MR) is 546 cm³/mol. The lowest BCUT2D eigenvalue weighted by molar-refractivity contribution is -0.156. The molecule has 19 atom stereocenters. The van der Waals surface area contributed by atoms with Crippen LogP contribution in [0.25, 0.3) is 4.85 Å². The molecule has 0 aromatic heterocycles. The Kier molecular flexibility index (Phi) is 78.4. The zero-order valence-corrected chi connectivity index (χ0v) is 91.7. The monoisotopic (exact) mass is 2100 g/mol. The number of nitrogens with one attached hydrogen (secondary N) is 3. The number of carboxylic acid groups (broad SMARTS) is 1. The number of halogens is 3. The van der Waals surface area contributed by atoms with Gasteiger partial charge in [-0.15, -0.1) is 62.5 Å². The molecular formula is C83H159F3N7O24P13. The van der Waals surface area contributed by atoms with Crippen LogP contribution in [0.1, 0.15) is 188 Å². The minimum atomic E-state index is -4.64. The van der Waals surface area contributed by atoms with Crippen molar-refractivity contribution in [2.75, 3.05) is 100 Å². The highest BCUT2D eigenvalue weighted by Gasteiger charge is 2.46. The first-order valence-electron chi connectivity index (χ1n) is 42.0. The summed E-state index contributed by atoms with van der Waals surface area (Å²) >= 11 is 0. The molecule has 6 rings (SSSR count). The SMILES string of the molecule is C.C.CCOP(=O)(OCC)C(Cc1ccccc1)NC(=O)[C@@H](C)[C@@H](OC)[C@@H]1CCCN1.CCOP(=O)(OCC)C(Cc1ccccc1)NC(=O)[C@@H](C)[C@@H](OC)[C@H]1CCCN1C(=O)OC(C)(C)C.CCOP(=O)(OCC)C(N)Cc1ccccc1.CO[C@H]([C@H](C)C(=O)O)[C@H]1CCCN1C(=O)OC(C)(C)C.O=CC(F)(F)F.PP.PP(P)P.PPP.[C-]#[N+]CP(=O)(OCC)OCC. The predicted octanol–water partition coefficient (Wildman–Crippen LogP) is 21.1. The Morgan fingerprint density at radius 2 is 0.846 bits per heavy atom. The summed E-state index contributed by atoms with van der Waals surface area (Å²) in [4.78, 5) is 77.7. The molecule has 3 saturated heterocycles. The van der Waals surface area contributed by atoms with Crippen LogP contribution in [-0.2, 0) is 117 Å². The number of benzene rings is 3. The second-order valence-electron chi connectivity index (χ2n) is 30.1. The lowest BCUT2D eigenvalue weighted by Crippen LogP contribution is -2.52. The standard InChI is InChI=1S/C26H43N2O7P.C21H35N2O5P.C14H25NO5.C12H20NO3P.C6H12NO3P.C2HF3O.2CH4.H6P4.H5P3.H4P2/c1-8-33-36(31,34-9-2)22(18-20-14-11-10-12-15-20)27-24(29)19(3)23(32-7)21-16-13-17-28(21)25(30)35-26(4,5)6;1-5-27-29(25,28-6-2)19(15-17-11-8-7-9-12-17)23-21(24)16(3)20(26-4)18-13-10-14-22-18;1-9(12(16)17)11(19-5)10-7-6-8-15(10)13(18)20-14(2,3)4;1-3-15-17(14,16-4-2)12(13)10-11-8-6-5-7-9-11;1-4-9-11(8,6-7-3)10-5-2;3-2(4,5)1-6;;;1-4(2)3;1-3-2;1-2/h10-12,14-15,19,21-23H,8-9,13,16-18H2,1-7H3,(H,27,29);7-9,11-12,16,18-20,22H,5-6,10,13-15H2,1-4H3,(H,23,24);9-11H,6-8H2,1-5H3,(H,16,17);5-9,12H,3-4,10,13H2,1-2H3;4-6H2,1-2H3;1H;2*1H4;1-3H2;3H,1-2H2;1-2H2/t19-,21+,22?,23+;16-,18-,19?,20+;9-,10+,11+;;;;;;;;/m000......../s1. The summed E-state index contributed by atoms with van der Waals surface area (Å²) in [5.41, 5.74) is 7.63. The molecule has 6 N–H and O–H groups in total. The van der Waals surface area contributed by atoms with Gasteiger partial charge in [-0.25, -0.2) is 16.2 Å². The molecule has 31 nitrogen and oxygen atoms in total. The summed E-state index contributed by atoms with van der Waals surface area (Å²) in [5, 5.41) is 18.4. The first-order valence-corrected chi connectivity index (χ1v) is 62.1. The van der Waals surface area contributed by atoms with Crippen molar-refractivity contribution < 1.29 is 125 Å². The van der Waals surface area contributed by atoms with Crippen LogP contribution < -0.4 is 21.7 Å². The summed E-state index contributed by atoms with van der Waals surface area (Å²) in [6.07, 6.45) is -1.86. The Morgan fingerprint density at radius 3 is 1.11 bits per heavy atom. The molecule has 0 bridgehead atoms. The molecule has 3 aromatic rings. The Balaban J connectivity index is -0.000000498. The molecule has 3 aliphatic heterocycles. The lowest BCUT2D eigenvalue weighted by Gasteiger charge is -2.35. The van der Waals surface area contributed by atoms with Crippen molar-refractivity contribution in [3.63, 3.8) is 0 Å². The van der Waals surface area contributed by atoms with Crippen LogP contribution in [0.15, 0.2) is 91.0 Å². The van der Waals surface area contributed by atoms with Crippen molar-refractivity contribution in [1.29, 1.82) is 0 Å². The molecule has 0 aliphatic carbocycles. The second kappa shape index (κ2) is 74.8. The van der Waals surface area contributed by atoms with E-state index < -0.39 is 120 Å². The number of ether oxygens (including phenoxy) is 5. The number of aliphatic carboxylic acids is 1. The number of aldehydes is 1. The molecule has 47 heteroatoms. The summed E-state index contributed by atoms with van der Waals surface area (Å²) in [7, 11) is 9.84. The van der Waals surface area contributed by atoms with Crippen molar-refractivity contribution in [3.05, 3.63) is 119 Å². The maximum Gasteiger partial charge on any atom is 0.446 e. The second-order valence-corrected chi connectivity index (χ2v) is 54.8. The van der Waals surface area contributed by atoms with E-state index in [1.807, 2.05) is 139 Å². The Bertz CT molecular complexity index is 3710. The van der Waals surface area contributed by atoms with Crippen LogP contribution in [0.2, 0.25) is 0 Å². The van der Waals surface area contributed by atoms with Crippen LogP contribution in [-0.4, -0.2) is 222 Å². The number of rotatable bonds is 40. The fourth-order valence-electron chi connectivity index (χ4n) is 13.0. The molecule has 3 aromatic carbocycles. The van der Waals surface area contributed by atoms with Crippen molar-refractivity contribution in [2.45, 2.75) is 262 Å². The number of hydrogen-bond acceptors (Lipinski definition) is 25. The van der Waals surface area contributed by atoms with Crippen molar-refractivity contribution >= 4 is 144 Å². The largest absolute Gasteiger partial charge is 0.481 e. The zero-order valence-electron chi connectivity index (χ0n) is 78.2. The number of methoxy groups -OCH3 is 3. The van der Waals surface area contributed by atoms with E-state index in [4.69, 9.17) is 82.1 Å². The minimum Gasteiger partial charge on any atom is -0.481 e. The number of carbonyl (C=O) groups excluding carboxylic acids is 5. The van der Waals surface area contributed by atoms with E-state index in [-0.39, 0.29) is 97.0 Å².